The van der Waals surface area contributed by atoms with Gasteiger partial charge >= 0.3 is 6.18 Å². The van der Waals surface area contributed by atoms with Gasteiger partial charge in [-0.1, -0.05) is 19.9 Å². The highest BCUT2D eigenvalue weighted by Gasteiger charge is 2.35. The SMILES string of the molecule is CC(C)CCNC(=O)c1cccc(C(F)(F)F)c1F. The first-order chi connectivity index (χ1) is 8.73. The van der Waals surface area contributed by atoms with Gasteiger partial charge in [0, 0.05) is 6.54 Å². The second kappa shape index (κ2) is 6.04. The summed E-state index contributed by atoms with van der Waals surface area (Å²) in [6, 6.07) is 2.67. The molecule has 0 heterocycles. The van der Waals surface area contributed by atoms with E-state index in [0.29, 0.717) is 24.9 Å². The van der Waals surface area contributed by atoms with Gasteiger partial charge in [0.25, 0.3) is 5.91 Å². The van der Waals surface area contributed by atoms with Gasteiger partial charge in [0.2, 0.25) is 0 Å². The molecule has 0 spiro atoms. The summed E-state index contributed by atoms with van der Waals surface area (Å²) in [5.74, 6) is -2.02. The molecule has 0 atom stereocenters. The minimum absolute atomic E-state index is 0.298. The maximum absolute atomic E-state index is 13.6. The maximum Gasteiger partial charge on any atom is 0.419 e. The molecular formula is C13H15F4NO. The predicted molar refractivity (Wildman–Crippen MR) is 63.2 cm³/mol. The molecule has 0 radical (unpaired) electrons. The van der Waals surface area contributed by atoms with Crippen molar-refractivity contribution < 1.29 is 22.4 Å². The summed E-state index contributed by atoms with van der Waals surface area (Å²) in [5, 5.41) is 2.40. The summed E-state index contributed by atoms with van der Waals surface area (Å²) in [5.41, 5.74) is -2.01. The van der Waals surface area contributed by atoms with Crippen molar-refractivity contribution in [2.45, 2.75) is 26.4 Å². The van der Waals surface area contributed by atoms with Crippen LogP contribution in [0.5, 0.6) is 0 Å². The lowest BCUT2D eigenvalue weighted by Crippen LogP contribution is -2.27. The number of hydrogen-bond donors (Lipinski definition) is 1. The summed E-state index contributed by atoms with van der Waals surface area (Å²) in [6.45, 7) is 4.18. The molecule has 1 amide bonds. The molecule has 0 saturated heterocycles. The third-order valence-corrected chi connectivity index (χ3v) is 2.56. The fraction of sp³-hybridized carbons (Fsp3) is 0.462. The summed E-state index contributed by atoms with van der Waals surface area (Å²) >= 11 is 0. The Labute approximate surface area is 108 Å². The number of amides is 1. The van der Waals surface area contributed by atoms with Crippen LogP contribution >= 0.6 is 0 Å². The summed E-state index contributed by atoms with van der Waals surface area (Å²) in [6.07, 6.45) is -4.13. The topological polar surface area (TPSA) is 29.1 Å². The van der Waals surface area contributed by atoms with Crippen molar-refractivity contribution >= 4 is 5.91 Å². The standard InChI is InChI=1S/C13H15F4NO/c1-8(2)6-7-18-12(19)9-4-3-5-10(11(9)14)13(15,16)17/h3-5,8H,6-7H2,1-2H3,(H,18,19). The molecule has 1 rings (SSSR count). The van der Waals surface area contributed by atoms with Crippen molar-refractivity contribution in [3.05, 3.63) is 35.1 Å². The van der Waals surface area contributed by atoms with Crippen molar-refractivity contribution in [2.24, 2.45) is 5.92 Å². The quantitative estimate of drug-likeness (QED) is 0.837. The first-order valence-corrected chi connectivity index (χ1v) is 5.87. The highest BCUT2D eigenvalue weighted by Crippen LogP contribution is 2.32. The van der Waals surface area contributed by atoms with Gasteiger partial charge in [0.05, 0.1) is 11.1 Å². The minimum Gasteiger partial charge on any atom is -0.352 e. The molecule has 0 aliphatic carbocycles. The second-order valence-electron chi connectivity index (χ2n) is 4.60. The predicted octanol–water partition coefficient (Wildman–Crippen LogP) is 3.62. The van der Waals surface area contributed by atoms with Gasteiger partial charge in [0.15, 0.2) is 0 Å². The van der Waals surface area contributed by atoms with Crippen LogP contribution < -0.4 is 5.32 Å². The largest absolute Gasteiger partial charge is 0.419 e. The molecule has 0 aliphatic heterocycles. The number of rotatable bonds is 4. The molecule has 6 heteroatoms. The van der Waals surface area contributed by atoms with Crippen LogP contribution in [0.2, 0.25) is 0 Å². The number of benzene rings is 1. The lowest BCUT2D eigenvalue weighted by molar-refractivity contribution is -0.140. The van der Waals surface area contributed by atoms with E-state index in [4.69, 9.17) is 0 Å². The molecule has 0 bridgehead atoms. The fourth-order valence-electron chi connectivity index (χ4n) is 1.50. The Morgan fingerprint density at radius 3 is 2.47 bits per heavy atom. The summed E-state index contributed by atoms with van der Waals surface area (Å²) in [7, 11) is 0. The van der Waals surface area contributed by atoms with E-state index in [1.807, 2.05) is 13.8 Å². The van der Waals surface area contributed by atoms with E-state index in [2.05, 4.69) is 5.32 Å². The van der Waals surface area contributed by atoms with E-state index < -0.39 is 29.0 Å². The van der Waals surface area contributed by atoms with Crippen molar-refractivity contribution in [2.75, 3.05) is 6.54 Å². The van der Waals surface area contributed by atoms with E-state index in [-0.39, 0.29) is 0 Å². The monoisotopic (exact) mass is 277 g/mol. The third kappa shape index (κ3) is 4.22. The Hall–Kier alpha value is -1.59. The van der Waals surface area contributed by atoms with Gasteiger partial charge in [-0.3, -0.25) is 4.79 Å². The van der Waals surface area contributed by atoms with E-state index in [1.165, 1.54) is 0 Å². The first-order valence-electron chi connectivity index (χ1n) is 5.87. The van der Waals surface area contributed by atoms with Crippen LogP contribution in [0.1, 0.15) is 36.2 Å². The average Bonchev–Trinajstić information content (AvgIpc) is 2.26. The second-order valence-corrected chi connectivity index (χ2v) is 4.60. The Morgan fingerprint density at radius 1 is 1.32 bits per heavy atom. The number of halogens is 4. The van der Waals surface area contributed by atoms with Crippen molar-refractivity contribution in [3.63, 3.8) is 0 Å². The molecule has 1 aromatic rings. The Kier molecular flexibility index (Phi) is 4.91. The number of alkyl halides is 3. The Morgan fingerprint density at radius 2 is 1.95 bits per heavy atom. The number of hydrogen-bond acceptors (Lipinski definition) is 1. The van der Waals surface area contributed by atoms with E-state index >= 15 is 0 Å². The molecule has 0 fully saturated rings. The minimum atomic E-state index is -4.81. The smallest absolute Gasteiger partial charge is 0.352 e. The lowest BCUT2D eigenvalue weighted by atomic mass is 10.1. The van der Waals surface area contributed by atoms with Gasteiger partial charge < -0.3 is 5.32 Å². The van der Waals surface area contributed by atoms with Crippen LogP contribution in [-0.4, -0.2) is 12.5 Å². The molecule has 19 heavy (non-hydrogen) atoms. The van der Waals surface area contributed by atoms with E-state index in [1.54, 1.807) is 0 Å². The van der Waals surface area contributed by atoms with Gasteiger partial charge in [0.1, 0.15) is 5.82 Å². The van der Waals surface area contributed by atoms with Gasteiger partial charge in [-0.2, -0.15) is 13.2 Å². The zero-order valence-corrected chi connectivity index (χ0v) is 10.6. The van der Waals surface area contributed by atoms with Gasteiger partial charge in [-0.05, 0) is 24.5 Å². The number of nitrogens with one attached hydrogen (secondary N) is 1. The maximum atomic E-state index is 13.6. The zero-order chi connectivity index (χ0) is 14.6. The van der Waals surface area contributed by atoms with E-state index in [9.17, 15) is 22.4 Å². The van der Waals surface area contributed by atoms with Crippen LogP contribution in [0.25, 0.3) is 0 Å². The molecule has 0 saturated carbocycles. The van der Waals surface area contributed by atoms with Crippen LogP contribution in [-0.2, 0) is 6.18 Å². The molecule has 0 aromatic heterocycles. The highest BCUT2D eigenvalue weighted by molar-refractivity contribution is 5.94. The lowest BCUT2D eigenvalue weighted by Gasteiger charge is -2.11. The van der Waals surface area contributed by atoms with Crippen LogP contribution in [0.15, 0.2) is 18.2 Å². The molecule has 1 aromatic carbocycles. The molecule has 1 N–H and O–H groups in total. The highest BCUT2D eigenvalue weighted by atomic mass is 19.4. The van der Waals surface area contributed by atoms with Crippen molar-refractivity contribution in [1.29, 1.82) is 0 Å². The normalized spacial score (nSPS) is 11.7. The Balaban J connectivity index is 2.87. The average molecular weight is 277 g/mol. The molecule has 0 unspecified atom stereocenters. The number of carbonyl (C=O) groups is 1. The van der Waals surface area contributed by atoms with Gasteiger partial charge in [-0.25, -0.2) is 4.39 Å². The third-order valence-electron chi connectivity index (χ3n) is 2.56. The Bertz CT molecular complexity index is 454. The van der Waals surface area contributed by atoms with Gasteiger partial charge in [-0.15, -0.1) is 0 Å². The molecular weight excluding hydrogens is 262 g/mol. The van der Waals surface area contributed by atoms with Crippen LogP contribution in [0, 0.1) is 11.7 Å². The van der Waals surface area contributed by atoms with Crippen LogP contribution in [0.3, 0.4) is 0 Å². The molecule has 106 valence electrons. The first kappa shape index (κ1) is 15.5. The number of carbonyl (C=O) groups excluding carboxylic acids is 1. The zero-order valence-electron chi connectivity index (χ0n) is 10.6. The summed E-state index contributed by atoms with van der Waals surface area (Å²) in [4.78, 5) is 11.6. The van der Waals surface area contributed by atoms with Crippen molar-refractivity contribution in [3.8, 4) is 0 Å². The fourth-order valence-corrected chi connectivity index (χ4v) is 1.50. The van der Waals surface area contributed by atoms with Crippen LogP contribution in [0.4, 0.5) is 17.6 Å². The van der Waals surface area contributed by atoms with E-state index in [0.717, 1.165) is 12.1 Å². The summed E-state index contributed by atoms with van der Waals surface area (Å²) < 4.78 is 51.1. The molecule has 0 aliphatic rings. The molecule has 2 nitrogen and oxygen atoms in total. The van der Waals surface area contributed by atoms with Crippen molar-refractivity contribution in [1.82, 2.24) is 5.32 Å².